The average molecular weight is 389 g/mol. The maximum atomic E-state index is 12.8. The molecule has 1 atom stereocenters. The number of benzene rings is 2. The Morgan fingerprint density at radius 2 is 1.70 bits per heavy atom. The molecule has 2 rings (SSSR count). The van der Waals surface area contributed by atoms with Crippen molar-refractivity contribution in [2.24, 2.45) is 11.8 Å². The normalized spacial score (nSPS) is 12.6. The average Bonchev–Trinajstić information content (AvgIpc) is 2.59. The second kappa shape index (κ2) is 8.35. The van der Waals surface area contributed by atoms with Crippen LogP contribution in [-0.4, -0.2) is 31.7 Å². The number of nitrogens with one attached hydrogen (secondary N) is 1. The third-order valence-electron chi connectivity index (χ3n) is 4.29. The lowest BCUT2D eigenvalue weighted by Crippen LogP contribution is -2.29. The van der Waals surface area contributed by atoms with Gasteiger partial charge >= 0.3 is 5.97 Å². The Hall–Kier alpha value is -2.67. The number of rotatable bonds is 7. The summed E-state index contributed by atoms with van der Waals surface area (Å²) in [7, 11) is -3.62. The standard InChI is InChI=1S/C20H23NO5S/c1-13(2)18(9-14-7-5-4-6-8-14)19(22)21-16-10-15(20(23)24)11-17(12-16)27(3,25)26/h4-8,10-13,18H,9H2,1-3H3,(H,21,22)(H,23,24). The Kier molecular flexibility index (Phi) is 6.38. The fraction of sp³-hybridized carbons (Fsp3) is 0.300. The maximum Gasteiger partial charge on any atom is 0.335 e. The van der Waals surface area contributed by atoms with Gasteiger partial charge in [0.1, 0.15) is 0 Å². The lowest BCUT2D eigenvalue weighted by Gasteiger charge is -2.21. The van der Waals surface area contributed by atoms with E-state index in [1.165, 1.54) is 12.1 Å². The fourth-order valence-electron chi connectivity index (χ4n) is 2.74. The van der Waals surface area contributed by atoms with Crippen LogP contribution in [0, 0.1) is 11.8 Å². The highest BCUT2D eigenvalue weighted by atomic mass is 32.2. The van der Waals surface area contributed by atoms with Gasteiger partial charge in [-0.3, -0.25) is 4.79 Å². The molecular formula is C20H23NO5S. The van der Waals surface area contributed by atoms with Crippen molar-refractivity contribution >= 4 is 27.4 Å². The number of hydrogen-bond acceptors (Lipinski definition) is 4. The van der Waals surface area contributed by atoms with Gasteiger partial charge in [0, 0.05) is 17.9 Å². The lowest BCUT2D eigenvalue weighted by atomic mass is 9.88. The number of carbonyl (C=O) groups excluding carboxylic acids is 1. The van der Waals surface area contributed by atoms with E-state index in [2.05, 4.69) is 5.32 Å². The Balaban J connectivity index is 2.31. The van der Waals surface area contributed by atoms with Crippen LogP contribution >= 0.6 is 0 Å². The molecule has 6 nitrogen and oxygen atoms in total. The smallest absolute Gasteiger partial charge is 0.335 e. The predicted molar refractivity (Wildman–Crippen MR) is 104 cm³/mol. The molecular weight excluding hydrogens is 366 g/mol. The minimum Gasteiger partial charge on any atom is -0.478 e. The molecule has 144 valence electrons. The first-order valence-corrected chi connectivity index (χ1v) is 10.4. The second-order valence-corrected chi connectivity index (χ2v) is 8.87. The SMILES string of the molecule is CC(C)C(Cc1ccccc1)C(=O)Nc1cc(C(=O)O)cc(S(C)(=O)=O)c1. The van der Waals surface area contributed by atoms with Gasteiger partial charge in [-0.15, -0.1) is 0 Å². The van der Waals surface area contributed by atoms with Crippen molar-refractivity contribution in [2.45, 2.75) is 25.2 Å². The van der Waals surface area contributed by atoms with Crippen LogP contribution in [0.15, 0.2) is 53.4 Å². The van der Waals surface area contributed by atoms with Gasteiger partial charge in [0.05, 0.1) is 10.5 Å². The number of carboxylic acid groups (broad SMARTS) is 1. The quantitative estimate of drug-likeness (QED) is 0.757. The van der Waals surface area contributed by atoms with Gasteiger partial charge in [0.25, 0.3) is 0 Å². The second-order valence-electron chi connectivity index (χ2n) is 6.85. The van der Waals surface area contributed by atoms with E-state index in [4.69, 9.17) is 0 Å². The van der Waals surface area contributed by atoms with Crippen LogP contribution in [0.1, 0.15) is 29.8 Å². The van der Waals surface area contributed by atoms with Gasteiger partial charge in [-0.25, -0.2) is 13.2 Å². The molecule has 0 aromatic heterocycles. The number of anilines is 1. The highest BCUT2D eigenvalue weighted by Crippen LogP contribution is 2.23. The molecule has 0 saturated heterocycles. The van der Waals surface area contributed by atoms with Crippen LogP contribution in [0.3, 0.4) is 0 Å². The van der Waals surface area contributed by atoms with Crippen molar-refractivity contribution in [2.75, 3.05) is 11.6 Å². The summed E-state index contributed by atoms with van der Waals surface area (Å²) in [5, 5.41) is 11.9. The third-order valence-corrected chi connectivity index (χ3v) is 5.38. The van der Waals surface area contributed by atoms with E-state index in [1.54, 1.807) is 0 Å². The molecule has 1 amide bonds. The van der Waals surface area contributed by atoms with Crippen LogP contribution < -0.4 is 5.32 Å². The number of aromatic carboxylic acids is 1. The molecule has 27 heavy (non-hydrogen) atoms. The summed E-state index contributed by atoms with van der Waals surface area (Å²) in [6.07, 6.45) is 1.52. The Morgan fingerprint density at radius 3 is 2.22 bits per heavy atom. The largest absolute Gasteiger partial charge is 0.478 e. The fourth-order valence-corrected chi connectivity index (χ4v) is 3.42. The van der Waals surface area contributed by atoms with Crippen molar-refractivity contribution in [1.82, 2.24) is 0 Å². The zero-order chi connectivity index (χ0) is 20.2. The molecule has 7 heteroatoms. The molecule has 0 bridgehead atoms. The Labute approximate surface area is 159 Å². The van der Waals surface area contributed by atoms with E-state index in [0.717, 1.165) is 17.9 Å². The molecule has 0 aliphatic heterocycles. The molecule has 0 aliphatic rings. The van der Waals surface area contributed by atoms with E-state index in [0.29, 0.717) is 6.42 Å². The van der Waals surface area contributed by atoms with Gasteiger partial charge in [-0.1, -0.05) is 44.2 Å². The summed E-state index contributed by atoms with van der Waals surface area (Å²) >= 11 is 0. The first-order chi connectivity index (χ1) is 12.6. The molecule has 0 fully saturated rings. The zero-order valence-electron chi connectivity index (χ0n) is 15.5. The monoisotopic (exact) mass is 389 g/mol. The molecule has 0 radical (unpaired) electrons. The van der Waals surface area contributed by atoms with Gasteiger partial charge in [-0.2, -0.15) is 0 Å². The minimum absolute atomic E-state index is 0.0437. The zero-order valence-corrected chi connectivity index (χ0v) is 16.3. The van der Waals surface area contributed by atoms with Crippen molar-refractivity contribution in [3.63, 3.8) is 0 Å². The highest BCUT2D eigenvalue weighted by Gasteiger charge is 2.23. The molecule has 1 unspecified atom stereocenters. The van der Waals surface area contributed by atoms with E-state index in [-0.39, 0.29) is 33.9 Å². The van der Waals surface area contributed by atoms with E-state index in [1.807, 2.05) is 44.2 Å². The summed E-state index contributed by atoms with van der Waals surface area (Å²) < 4.78 is 23.6. The van der Waals surface area contributed by atoms with Crippen LogP contribution in [-0.2, 0) is 21.1 Å². The topological polar surface area (TPSA) is 101 Å². The minimum atomic E-state index is -3.62. The molecule has 2 aromatic rings. The Bertz CT molecular complexity index is 936. The van der Waals surface area contributed by atoms with Gasteiger partial charge in [-0.05, 0) is 36.1 Å². The summed E-state index contributed by atoms with van der Waals surface area (Å²) in [6.45, 7) is 3.87. The van der Waals surface area contributed by atoms with Crippen molar-refractivity contribution in [3.05, 3.63) is 59.7 Å². The van der Waals surface area contributed by atoms with Crippen LogP contribution in [0.2, 0.25) is 0 Å². The molecule has 2 N–H and O–H groups in total. The van der Waals surface area contributed by atoms with Crippen LogP contribution in [0.25, 0.3) is 0 Å². The molecule has 0 heterocycles. The lowest BCUT2D eigenvalue weighted by molar-refractivity contribution is -0.121. The summed E-state index contributed by atoms with van der Waals surface area (Å²) in [5.74, 6) is -1.85. The highest BCUT2D eigenvalue weighted by molar-refractivity contribution is 7.90. The van der Waals surface area contributed by atoms with E-state index < -0.39 is 15.8 Å². The predicted octanol–water partition coefficient (Wildman–Crippen LogP) is 3.24. The summed E-state index contributed by atoms with van der Waals surface area (Å²) in [4.78, 5) is 23.9. The first kappa shape index (κ1) is 20.6. The van der Waals surface area contributed by atoms with Crippen LogP contribution in [0.4, 0.5) is 5.69 Å². The number of carboxylic acids is 1. The van der Waals surface area contributed by atoms with Crippen molar-refractivity contribution in [1.29, 1.82) is 0 Å². The summed E-state index contributed by atoms with van der Waals surface area (Å²) in [6, 6.07) is 13.2. The van der Waals surface area contributed by atoms with Crippen molar-refractivity contribution in [3.8, 4) is 0 Å². The van der Waals surface area contributed by atoms with Crippen molar-refractivity contribution < 1.29 is 23.1 Å². The third kappa shape index (κ3) is 5.65. The number of sulfone groups is 1. The van der Waals surface area contributed by atoms with E-state index in [9.17, 15) is 23.1 Å². The molecule has 2 aromatic carbocycles. The van der Waals surface area contributed by atoms with E-state index >= 15 is 0 Å². The molecule has 0 spiro atoms. The molecule has 0 aliphatic carbocycles. The van der Waals surface area contributed by atoms with Gasteiger partial charge in [0.15, 0.2) is 9.84 Å². The maximum absolute atomic E-state index is 12.8. The van der Waals surface area contributed by atoms with Gasteiger partial charge < -0.3 is 10.4 Å². The Morgan fingerprint density at radius 1 is 1.07 bits per heavy atom. The first-order valence-electron chi connectivity index (χ1n) is 8.51. The van der Waals surface area contributed by atoms with Crippen LogP contribution in [0.5, 0.6) is 0 Å². The number of hydrogen-bond donors (Lipinski definition) is 2. The number of amides is 1. The molecule has 0 saturated carbocycles. The summed E-state index contributed by atoms with van der Waals surface area (Å²) in [5.41, 5.74) is 0.971. The number of carbonyl (C=O) groups is 2. The van der Waals surface area contributed by atoms with Gasteiger partial charge in [0.2, 0.25) is 5.91 Å².